The molecule has 1 heterocycles. The largest absolute Gasteiger partial charge is 0.399 e. The molecule has 0 aromatic heterocycles. The van der Waals surface area contributed by atoms with Crippen LogP contribution in [0.4, 0.5) is 5.69 Å². The molecule has 4 amide bonds. The third kappa shape index (κ3) is 14.6. The minimum absolute atomic E-state index is 0.0211. The molecule has 0 unspecified atom stereocenters. The third-order valence-corrected chi connectivity index (χ3v) is 12.8. The van der Waals surface area contributed by atoms with E-state index < -0.39 is 36.3 Å². The summed E-state index contributed by atoms with van der Waals surface area (Å²) in [4.78, 5) is 75.1. The number of likely N-dealkylation sites (tertiary alicyclic amines) is 1. The van der Waals surface area contributed by atoms with E-state index >= 15 is 0 Å². The maximum atomic E-state index is 14.4. The zero-order valence-corrected chi connectivity index (χ0v) is 39.7. The average molecular weight is 863 g/mol. The monoisotopic (exact) mass is 863 g/mol. The van der Waals surface area contributed by atoms with Crippen LogP contribution >= 0.6 is 0 Å². The molecule has 1 saturated heterocycles. The van der Waals surface area contributed by atoms with Gasteiger partial charge in [-0.3, -0.25) is 28.9 Å². The number of hydrogen-bond donors (Lipinski definition) is 3. The molecule has 2 aromatic rings. The number of likely N-dealkylation sites (N-methyl/N-ethyl adjacent to an activating group) is 2. The average Bonchev–Trinajstić information content (AvgIpc) is 3.71. The Kier molecular flexibility index (Phi) is 21.0. The highest BCUT2D eigenvalue weighted by Gasteiger charge is 2.43. The van der Waals surface area contributed by atoms with Gasteiger partial charge in [0.25, 0.3) is 0 Å². The molecule has 0 aliphatic carbocycles. The van der Waals surface area contributed by atoms with Crippen LogP contribution in [-0.4, -0.2) is 122 Å². The Morgan fingerprint density at radius 1 is 0.839 bits per heavy atom. The van der Waals surface area contributed by atoms with Crippen LogP contribution in [-0.2, 0) is 46.4 Å². The van der Waals surface area contributed by atoms with E-state index in [0.29, 0.717) is 31.6 Å². The number of ether oxygens (including phenoxy) is 2. The quantitative estimate of drug-likeness (QED) is 0.106. The Labute approximate surface area is 372 Å². The lowest BCUT2D eigenvalue weighted by Gasteiger charge is -2.41. The molecule has 4 N–H and O–H groups in total. The second-order valence-corrected chi connectivity index (χ2v) is 18.4. The van der Waals surface area contributed by atoms with E-state index in [0.717, 1.165) is 24.0 Å². The van der Waals surface area contributed by atoms with E-state index in [1.54, 1.807) is 38.3 Å². The van der Waals surface area contributed by atoms with Crippen molar-refractivity contribution in [2.75, 3.05) is 47.6 Å². The van der Waals surface area contributed by atoms with Crippen LogP contribution in [0.25, 0.3) is 0 Å². The van der Waals surface area contributed by atoms with Crippen LogP contribution in [0.5, 0.6) is 0 Å². The Morgan fingerprint density at radius 2 is 1.48 bits per heavy atom. The van der Waals surface area contributed by atoms with Gasteiger partial charge in [0.15, 0.2) is 0 Å². The molecule has 9 atom stereocenters. The van der Waals surface area contributed by atoms with Crippen molar-refractivity contribution in [3.63, 3.8) is 0 Å². The van der Waals surface area contributed by atoms with Crippen molar-refractivity contribution in [2.24, 2.45) is 29.6 Å². The molecule has 0 bridgehead atoms. The summed E-state index contributed by atoms with van der Waals surface area (Å²) in [7, 11) is 8.62. The number of nitrogens with two attached hydrogens (primary N) is 1. The molecule has 3 rings (SSSR count). The lowest BCUT2D eigenvalue weighted by atomic mass is 9.84. The fraction of sp³-hybridized carbons (Fsp3) is 0.653. The second kappa shape index (κ2) is 25.1. The molecule has 1 aliphatic rings. The summed E-state index contributed by atoms with van der Waals surface area (Å²) >= 11 is 0. The van der Waals surface area contributed by atoms with Crippen molar-refractivity contribution in [3.05, 3.63) is 65.7 Å². The number of ketones is 1. The van der Waals surface area contributed by atoms with Gasteiger partial charge in [-0.25, -0.2) is 0 Å². The molecular formula is C49H78N6O7. The summed E-state index contributed by atoms with van der Waals surface area (Å²) in [6.07, 6.45) is 1.92. The first-order valence-electron chi connectivity index (χ1n) is 22.6. The van der Waals surface area contributed by atoms with Crippen LogP contribution < -0.4 is 16.4 Å². The predicted molar refractivity (Wildman–Crippen MR) is 246 cm³/mol. The number of carbonyl (C=O) groups excluding carboxylic acids is 5. The molecule has 13 nitrogen and oxygen atoms in total. The summed E-state index contributed by atoms with van der Waals surface area (Å²) in [6.45, 7) is 14.6. The molecular weight excluding hydrogens is 785 g/mol. The number of benzene rings is 2. The Hall–Kier alpha value is -4.33. The van der Waals surface area contributed by atoms with Crippen molar-refractivity contribution < 1.29 is 33.4 Å². The van der Waals surface area contributed by atoms with Gasteiger partial charge in [0.05, 0.1) is 36.8 Å². The highest BCUT2D eigenvalue weighted by atomic mass is 16.5. The van der Waals surface area contributed by atoms with Gasteiger partial charge < -0.3 is 35.6 Å². The first-order valence-corrected chi connectivity index (χ1v) is 22.6. The van der Waals surface area contributed by atoms with Crippen molar-refractivity contribution in [3.8, 4) is 0 Å². The van der Waals surface area contributed by atoms with E-state index in [-0.39, 0.29) is 78.4 Å². The Morgan fingerprint density at radius 3 is 2.03 bits per heavy atom. The van der Waals surface area contributed by atoms with Crippen molar-refractivity contribution >= 4 is 35.1 Å². The molecule has 1 aliphatic heterocycles. The number of hydrogen-bond acceptors (Lipinski definition) is 9. The van der Waals surface area contributed by atoms with E-state index in [1.807, 2.05) is 108 Å². The summed E-state index contributed by atoms with van der Waals surface area (Å²) in [6, 6.07) is 15.3. The van der Waals surface area contributed by atoms with Gasteiger partial charge in [-0.1, -0.05) is 97.4 Å². The first kappa shape index (κ1) is 52.0. The zero-order chi connectivity index (χ0) is 46.3. The summed E-state index contributed by atoms with van der Waals surface area (Å²) in [5.74, 6) is -1.69. The highest BCUT2D eigenvalue weighted by Crippen LogP contribution is 2.31. The number of carbonyl (C=O) groups is 5. The molecule has 2 aromatic carbocycles. The van der Waals surface area contributed by atoms with Gasteiger partial charge in [-0.05, 0) is 80.3 Å². The number of nitrogens with zero attached hydrogens (tertiary/aromatic N) is 3. The summed E-state index contributed by atoms with van der Waals surface area (Å²) in [5, 5.41) is 6.06. The minimum Gasteiger partial charge on any atom is -0.399 e. The number of rotatable bonds is 25. The van der Waals surface area contributed by atoms with Gasteiger partial charge in [0.2, 0.25) is 23.6 Å². The predicted octanol–water partition coefficient (Wildman–Crippen LogP) is 5.74. The van der Waals surface area contributed by atoms with Crippen LogP contribution in [0.2, 0.25) is 0 Å². The van der Waals surface area contributed by atoms with Gasteiger partial charge in [-0.2, -0.15) is 0 Å². The molecule has 0 radical (unpaired) electrons. The zero-order valence-electron chi connectivity index (χ0n) is 39.7. The fourth-order valence-electron chi connectivity index (χ4n) is 9.25. The number of methoxy groups -OCH3 is 2. The number of anilines is 1. The van der Waals surface area contributed by atoms with E-state index in [4.69, 9.17) is 15.2 Å². The van der Waals surface area contributed by atoms with Gasteiger partial charge in [0.1, 0.15) is 11.8 Å². The number of amides is 4. The second-order valence-electron chi connectivity index (χ2n) is 18.4. The normalized spacial score (nSPS) is 18.1. The van der Waals surface area contributed by atoms with E-state index in [9.17, 15) is 24.0 Å². The lowest BCUT2D eigenvalue weighted by Crippen LogP contribution is -2.59. The van der Waals surface area contributed by atoms with Crippen LogP contribution in [0, 0.1) is 29.6 Å². The van der Waals surface area contributed by atoms with Gasteiger partial charge in [-0.15, -0.1) is 0 Å². The molecule has 1 fully saturated rings. The molecule has 346 valence electrons. The topological polar surface area (TPSA) is 164 Å². The first-order chi connectivity index (χ1) is 29.3. The smallest absolute Gasteiger partial charge is 0.245 e. The summed E-state index contributed by atoms with van der Waals surface area (Å²) in [5.41, 5.74) is 8.46. The third-order valence-electron chi connectivity index (χ3n) is 12.8. The van der Waals surface area contributed by atoms with Gasteiger partial charge in [0, 0.05) is 58.8 Å². The number of nitrogen functional groups attached to an aromatic ring is 1. The van der Waals surface area contributed by atoms with Crippen LogP contribution in [0.1, 0.15) is 98.1 Å². The van der Waals surface area contributed by atoms with Crippen molar-refractivity contribution in [1.29, 1.82) is 0 Å². The SMILES string of the molecule is CC[C@H](C)[C@@H]([C@@H](CC(=O)N1CCC[C@H]1[C@H](OC)[C@@H](C)C(=O)C[C@H](CC(=O)NCc1ccc(N)cc1)Cc1ccccc1)OC)N(C)C(=O)[C@@H](NC(=O)[C@H](C(C)C)N(C)C)C(C)C. The van der Waals surface area contributed by atoms with E-state index in [2.05, 4.69) is 17.6 Å². The van der Waals surface area contributed by atoms with Gasteiger partial charge >= 0.3 is 0 Å². The van der Waals surface area contributed by atoms with Crippen molar-refractivity contribution in [2.45, 2.75) is 136 Å². The van der Waals surface area contributed by atoms with E-state index in [1.165, 1.54) is 0 Å². The van der Waals surface area contributed by atoms with Crippen molar-refractivity contribution in [1.82, 2.24) is 25.3 Å². The van der Waals surface area contributed by atoms with Crippen LogP contribution in [0.3, 0.4) is 0 Å². The Bertz CT molecular complexity index is 1710. The maximum Gasteiger partial charge on any atom is 0.245 e. The number of Topliss-reactive ketones (excluding diaryl/α,β-unsaturated/α-hetero) is 1. The molecule has 0 spiro atoms. The number of nitrogens with one attached hydrogen (secondary N) is 2. The lowest BCUT2D eigenvalue weighted by molar-refractivity contribution is -0.148. The van der Waals surface area contributed by atoms with Crippen LogP contribution in [0.15, 0.2) is 54.6 Å². The highest BCUT2D eigenvalue weighted by molar-refractivity contribution is 5.90. The Balaban J connectivity index is 1.77. The fourth-order valence-corrected chi connectivity index (χ4v) is 9.25. The molecule has 13 heteroatoms. The molecule has 62 heavy (non-hydrogen) atoms. The minimum atomic E-state index is -0.769. The molecule has 0 saturated carbocycles. The standard InChI is InChI=1S/C49H78N6O7/c1-13-33(6)46(54(10)49(60)44(31(2)3)52-48(59)45(32(4)5)53(8)9)41(61-11)29-43(58)55-25-17-20-39(55)47(62-12)34(7)40(56)27-37(26-35-18-15-14-16-19-35)28-42(57)51-30-36-21-23-38(50)24-22-36/h14-16,18-19,21-24,31-34,37,39,41,44-47H,13,17,20,25-30,50H2,1-12H3,(H,51,57)(H,52,59)/t33-,34-,37+,39-,41+,44-,45-,46-,47+/m0/s1. The summed E-state index contributed by atoms with van der Waals surface area (Å²) < 4.78 is 12.2. The maximum absolute atomic E-state index is 14.4.